The summed E-state index contributed by atoms with van der Waals surface area (Å²) < 4.78 is 14.1. The van der Waals surface area contributed by atoms with Crippen LogP contribution in [0.3, 0.4) is 0 Å². The minimum atomic E-state index is -0.219. The molecule has 1 heterocycles. The Hall–Kier alpha value is -0.910. The maximum absolute atomic E-state index is 14.1. The number of nitrogens with two attached hydrogens (primary N) is 1. The van der Waals surface area contributed by atoms with Crippen molar-refractivity contribution in [2.45, 2.75) is 31.7 Å². The lowest BCUT2D eigenvalue weighted by Crippen LogP contribution is -2.03. The Kier molecular flexibility index (Phi) is 4.60. The zero-order chi connectivity index (χ0) is 14.0. The molecular weight excluding hydrogens is 279 g/mol. The zero-order valence-corrected chi connectivity index (χ0v) is 12.9. The van der Waals surface area contributed by atoms with Crippen LogP contribution in [0.15, 0.2) is 23.1 Å². The summed E-state index contributed by atoms with van der Waals surface area (Å²) in [4.78, 5) is 6.45. The SMILES string of the molecule is CCSc1cccc(F)c1-c1nc(C)c(C(C)N)s1. The summed E-state index contributed by atoms with van der Waals surface area (Å²) in [6, 6.07) is 5.09. The number of rotatable bonds is 4. The van der Waals surface area contributed by atoms with Crippen molar-refractivity contribution in [2.24, 2.45) is 5.73 Å². The number of aryl methyl sites for hydroxylation is 1. The summed E-state index contributed by atoms with van der Waals surface area (Å²) in [5, 5.41) is 0.721. The molecule has 5 heteroatoms. The third kappa shape index (κ3) is 2.99. The van der Waals surface area contributed by atoms with E-state index in [0.717, 1.165) is 26.2 Å². The van der Waals surface area contributed by atoms with Crippen LogP contribution in [0.25, 0.3) is 10.6 Å². The molecule has 1 atom stereocenters. The van der Waals surface area contributed by atoms with Crippen molar-refractivity contribution >= 4 is 23.1 Å². The van der Waals surface area contributed by atoms with Gasteiger partial charge in [-0.1, -0.05) is 13.0 Å². The minimum Gasteiger partial charge on any atom is -0.323 e. The number of thioether (sulfide) groups is 1. The molecule has 2 nitrogen and oxygen atoms in total. The molecule has 0 saturated carbocycles. The number of hydrogen-bond acceptors (Lipinski definition) is 4. The summed E-state index contributed by atoms with van der Waals surface area (Å²) in [6.45, 7) is 5.90. The number of aromatic nitrogens is 1. The summed E-state index contributed by atoms with van der Waals surface area (Å²) in [7, 11) is 0. The standard InChI is InChI=1S/C14H17FN2S2/c1-4-18-11-7-5-6-10(15)12(11)14-17-9(3)13(19-14)8(2)16/h5-8H,4,16H2,1-3H3. The first-order valence-electron chi connectivity index (χ1n) is 6.19. The number of hydrogen-bond donors (Lipinski definition) is 1. The van der Waals surface area contributed by atoms with Gasteiger partial charge in [-0.2, -0.15) is 0 Å². The average Bonchev–Trinajstić information content (AvgIpc) is 2.71. The molecule has 0 aliphatic heterocycles. The van der Waals surface area contributed by atoms with E-state index < -0.39 is 0 Å². The second kappa shape index (κ2) is 6.03. The van der Waals surface area contributed by atoms with Crippen LogP contribution >= 0.6 is 23.1 Å². The van der Waals surface area contributed by atoms with E-state index in [9.17, 15) is 4.39 Å². The first kappa shape index (κ1) is 14.5. The van der Waals surface area contributed by atoms with E-state index >= 15 is 0 Å². The molecule has 0 fully saturated rings. The number of benzene rings is 1. The van der Waals surface area contributed by atoms with Gasteiger partial charge in [0.2, 0.25) is 0 Å². The fourth-order valence-electron chi connectivity index (χ4n) is 1.93. The zero-order valence-electron chi connectivity index (χ0n) is 11.2. The van der Waals surface area contributed by atoms with Gasteiger partial charge < -0.3 is 5.73 Å². The Balaban J connectivity index is 2.55. The van der Waals surface area contributed by atoms with Gasteiger partial charge in [-0.05, 0) is 31.7 Å². The summed E-state index contributed by atoms with van der Waals surface area (Å²) in [5.41, 5.74) is 7.41. The summed E-state index contributed by atoms with van der Waals surface area (Å²) >= 11 is 3.12. The molecule has 0 saturated heterocycles. The fourth-order valence-corrected chi connectivity index (χ4v) is 3.89. The molecule has 1 aromatic heterocycles. The smallest absolute Gasteiger partial charge is 0.134 e. The Morgan fingerprint density at radius 2 is 2.21 bits per heavy atom. The van der Waals surface area contributed by atoms with E-state index in [1.807, 2.05) is 19.9 Å². The maximum atomic E-state index is 14.1. The number of thiazole rings is 1. The molecule has 0 aliphatic carbocycles. The molecule has 2 aromatic rings. The van der Waals surface area contributed by atoms with Crippen LogP contribution < -0.4 is 5.73 Å². The first-order valence-corrected chi connectivity index (χ1v) is 7.99. The van der Waals surface area contributed by atoms with E-state index in [1.54, 1.807) is 17.8 Å². The van der Waals surface area contributed by atoms with Crippen LogP contribution in [-0.2, 0) is 0 Å². The molecule has 0 aliphatic rings. The van der Waals surface area contributed by atoms with Gasteiger partial charge in [-0.25, -0.2) is 9.37 Å². The van der Waals surface area contributed by atoms with E-state index in [2.05, 4.69) is 11.9 Å². The van der Waals surface area contributed by atoms with E-state index in [4.69, 9.17) is 5.73 Å². The molecule has 0 spiro atoms. The normalized spacial score (nSPS) is 12.7. The average molecular weight is 296 g/mol. The van der Waals surface area contributed by atoms with Crippen LogP contribution in [0.4, 0.5) is 4.39 Å². The minimum absolute atomic E-state index is 0.0692. The van der Waals surface area contributed by atoms with Gasteiger partial charge in [-0.3, -0.25) is 0 Å². The molecule has 1 unspecified atom stereocenters. The van der Waals surface area contributed by atoms with Crippen molar-refractivity contribution < 1.29 is 4.39 Å². The molecule has 0 bridgehead atoms. The third-order valence-electron chi connectivity index (χ3n) is 2.74. The van der Waals surface area contributed by atoms with Gasteiger partial charge in [0, 0.05) is 15.8 Å². The quantitative estimate of drug-likeness (QED) is 0.850. The van der Waals surface area contributed by atoms with Crippen molar-refractivity contribution in [2.75, 3.05) is 5.75 Å². The highest BCUT2D eigenvalue weighted by Gasteiger charge is 2.18. The Morgan fingerprint density at radius 1 is 1.47 bits per heavy atom. The van der Waals surface area contributed by atoms with Crippen LogP contribution in [0.5, 0.6) is 0 Å². The van der Waals surface area contributed by atoms with E-state index in [1.165, 1.54) is 17.4 Å². The monoisotopic (exact) mass is 296 g/mol. The van der Waals surface area contributed by atoms with E-state index in [-0.39, 0.29) is 11.9 Å². The fraction of sp³-hybridized carbons (Fsp3) is 0.357. The van der Waals surface area contributed by atoms with Crippen LogP contribution in [0, 0.1) is 12.7 Å². The van der Waals surface area contributed by atoms with Crippen molar-refractivity contribution in [3.8, 4) is 10.6 Å². The Labute approximate surface area is 121 Å². The summed E-state index contributed by atoms with van der Waals surface area (Å²) in [5.74, 6) is 0.685. The van der Waals surface area contributed by atoms with E-state index in [0.29, 0.717) is 5.56 Å². The largest absolute Gasteiger partial charge is 0.323 e. The first-order chi connectivity index (χ1) is 9.04. The van der Waals surface area contributed by atoms with Gasteiger partial charge in [0.05, 0.1) is 11.3 Å². The second-order valence-electron chi connectivity index (χ2n) is 4.30. The lowest BCUT2D eigenvalue weighted by molar-refractivity contribution is 0.628. The van der Waals surface area contributed by atoms with Crippen molar-refractivity contribution in [1.29, 1.82) is 0 Å². The molecule has 2 rings (SSSR count). The lowest BCUT2D eigenvalue weighted by Gasteiger charge is -2.06. The maximum Gasteiger partial charge on any atom is 0.134 e. The van der Waals surface area contributed by atoms with Gasteiger partial charge in [-0.15, -0.1) is 23.1 Å². The molecular formula is C14H17FN2S2. The van der Waals surface area contributed by atoms with Crippen LogP contribution in [-0.4, -0.2) is 10.7 Å². The van der Waals surface area contributed by atoms with Gasteiger partial charge >= 0.3 is 0 Å². The van der Waals surface area contributed by atoms with Crippen molar-refractivity contribution in [3.63, 3.8) is 0 Å². The van der Waals surface area contributed by atoms with Crippen LogP contribution in [0.1, 0.15) is 30.5 Å². The highest BCUT2D eigenvalue weighted by Crippen LogP contribution is 2.38. The summed E-state index contributed by atoms with van der Waals surface area (Å²) in [6.07, 6.45) is 0. The molecule has 102 valence electrons. The van der Waals surface area contributed by atoms with Gasteiger partial charge in [0.25, 0.3) is 0 Å². The predicted octanol–water partition coefficient (Wildman–Crippen LogP) is 4.39. The molecule has 0 amide bonds. The topological polar surface area (TPSA) is 38.9 Å². The van der Waals surface area contributed by atoms with Crippen LogP contribution in [0.2, 0.25) is 0 Å². The van der Waals surface area contributed by atoms with Crippen molar-refractivity contribution in [3.05, 3.63) is 34.6 Å². The molecule has 0 radical (unpaired) electrons. The molecule has 1 aromatic carbocycles. The number of halogens is 1. The second-order valence-corrected chi connectivity index (χ2v) is 6.64. The van der Waals surface area contributed by atoms with Gasteiger partial charge in [0.15, 0.2) is 0 Å². The Bertz CT molecular complexity index is 579. The van der Waals surface area contributed by atoms with Crippen molar-refractivity contribution in [1.82, 2.24) is 4.98 Å². The Morgan fingerprint density at radius 3 is 2.79 bits per heavy atom. The predicted molar refractivity (Wildman–Crippen MR) is 81.2 cm³/mol. The lowest BCUT2D eigenvalue weighted by atomic mass is 10.2. The van der Waals surface area contributed by atoms with Gasteiger partial charge in [0.1, 0.15) is 10.8 Å². The molecule has 19 heavy (non-hydrogen) atoms. The molecule has 2 N–H and O–H groups in total. The highest BCUT2D eigenvalue weighted by atomic mass is 32.2. The number of nitrogens with zero attached hydrogens (tertiary/aromatic N) is 1. The highest BCUT2D eigenvalue weighted by molar-refractivity contribution is 7.99. The third-order valence-corrected chi connectivity index (χ3v) is 5.05.